The van der Waals surface area contributed by atoms with Gasteiger partial charge in [0.1, 0.15) is 11.1 Å². The molecule has 18 heavy (non-hydrogen) atoms. The van der Waals surface area contributed by atoms with E-state index in [2.05, 4.69) is 11.1 Å². The highest BCUT2D eigenvalue weighted by atomic mass is 32.1. The number of nitriles is 1. The van der Waals surface area contributed by atoms with Crippen LogP contribution in [0.1, 0.15) is 33.3 Å². The van der Waals surface area contributed by atoms with Gasteiger partial charge in [0, 0.05) is 9.75 Å². The van der Waals surface area contributed by atoms with E-state index in [1.54, 1.807) is 22.7 Å². The zero-order valence-corrected chi connectivity index (χ0v) is 11.5. The second kappa shape index (κ2) is 5.05. The van der Waals surface area contributed by atoms with Gasteiger partial charge in [0.2, 0.25) is 0 Å². The Balaban J connectivity index is 1.97. The molecule has 0 saturated carbocycles. The molecule has 3 rings (SSSR count). The third-order valence-electron chi connectivity index (χ3n) is 3.03. The van der Waals surface area contributed by atoms with E-state index in [9.17, 15) is 5.26 Å². The van der Waals surface area contributed by atoms with E-state index in [-0.39, 0.29) is 0 Å². The van der Waals surface area contributed by atoms with E-state index >= 15 is 0 Å². The molecule has 90 valence electrons. The Morgan fingerprint density at radius 3 is 3.00 bits per heavy atom. The molecule has 4 heteroatoms. The Labute approximate surface area is 114 Å². The van der Waals surface area contributed by atoms with Gasteiger partial charge in [-0.25, -0.2) is 4.98 Å². The van der Waals surface area contributed by atoms with Crippen LogP contribution in [0.4, 0.5) is 0 Å². The van der Waals surface area contributed by atoms with Gasteiger partial charge in [-0.3, -0.25) is 0 Å². The number of nitrogens with zero attached hydrogens (tertiary/aromatic N) is 2. The molecule has 0 saturated heterocycles. The molecular formula is C14H12N2S2. The maximum atomic E-state index is 9.29. The lowest BCUT2D eigenvalue weighted by atomic mass is 10.0. The second-order valence-corrected chi connectivity index (χ2v) is 6.34. The number of rotatable bonds is 2. The Bertz CT molecular complexity index is 591. The molecule has 0 fully saturated rings. The summed E-state index contributed by atoms with van der Waals surface area (Å²) in [4.78, 5) is 7.12. The lowest BCUT2D eigenvalue weighted by Gasteiger charge is -2.06. The molecule has 0 radical (unpaired) electrons. The molecule has 0 bridgehead atoms. The molecule has 0 unspecified atom stereocenters. The van der Waals surface area contributed by atoms with Crippen molar-refractivity contribution in [3.63, 3.8) is 0 Å². The van der Waals surface area contributed by atoms with Crippen molar-refractivity contribution in [1.82, 2.24) is 4.98 Å². The number of aryl methyl sites for hydroxylation is 2. The van der Waals surface area contributed by atoms with Gasteiger partial charge < -0.3 is 0 Å². The summed E-state index contributed by atoms with van der Waals surface area (Å²) in [6.07, 6.45) is 6.63. The van der Waals surface area contributed by atoms with Crippen LogP contribution in [0, 0.1) is 11.3 Å². The zero-order valence-electron chi connectivity index (χ0n) is 9.85. The predicted molar refractivity (Wildman–Crippen MR) is 76.6 cm³/mol. The standard InChI is InChI=1S/C14H12N2S2/c15-9-10(8-11-4-3-7-17-11)14-16-12-5-1-2-6-13(12)18-14/h3-4,7-8H,1-2,5-6H2. The van der Waals surface area contributed by atoms with E-state index in [0.29, 0.717) is 5.57 Å². The summed E-state index contributed by atoms with van der Waals surface area (Å²) in [6, 6.07) is 6.30. The van der Waals surface area contributed by atoms with Crippen LogP contribution in [0.15, 0.2) is 17.5 Å². The van der Waals surface area contributed by atoms with Crippen LogP contribution >= 0.6 is 22.7 Å². The van der Waals surface area contributed by atoms with Crippen molar-refractivity contribution in [1.29, 1.82) is 5.26 Å². The van der Waals surface area contributed by atoms with Gasteiger partial charge in [-0.2, -0.15) is 5.26 Å². The average molecular weight is 272 g/mol. The molecule has 2 aromatic rings. The van der Waals surface area contributed by atoms with Gasteiger partial charge in [0.25, 0.3) is 0 Å². The fourth-order valence-electron chi connectivity index (χ4n) is 2.12. The zero-order chi connectivity index (χ0) is 12.4. The minimum absolute atomic E-state index is 0.692. The van der Waals surface area contributed by atoms with Crippen molar-refractivity contribution in [3.05, 3.63) is 38.0 Å². The van der Waals surface area contributed by atoms with Gasteiger partial charge in [-0.05, 0) is 43.2 Å². The van der Waals surface area contributed by atoms with E-state index in [4.69, 9.17) is 0 Å². The average Bonchev–Trinajstić information content (AvgIpc) is 3.04. The lowest BCUT2D eigenvalue weighted by molar-refractivity contribution is 0.682. The Morgan fingerprint density at radius 2 is 2.28 bits per heavy atom. The predicted octanol–water partition coefficient (Wildman–Crippen LogP) is 4.15. The molecule has 2 aromatic heterocycles. The number of aromatic nitrogens is 1. The third-order valence-corrected chi connectivity index (χ3v) is 5.04. The highest BCUT2D eigenvalue weighted by molar-refractivity contribution is 7.13. The molecule has 0 N–H and O–H groups in total. The molecule has 0 aliphatic heterocycles. The lowest BCUT2D eigenvalue weighted by Crippen LogP contribution is -1.99. The molecule has 1 aliphatic rings. The second-order valence-electron chi connectivity index (χ2n) is 4.28. The molecule has 0 atom stereocenters. The van der Waals surface area contributed by atoms with Crippen molar-refractivity contribution < 1.29 is 0 Å². The third kappa shape index (κ3) is 2.24. The first-order valence-electron chi connectivity index (χ1n) is 6.01. The number of hydrogen-bond acceptors (Lipinski definition) is 4. The van der Waals surface area contributed by atoms with Gasteiger partial charge >= 0.3 is 0 Å². The first-order valence-corrected chi connectivity index (χ1v) is 7.70. The van der Waals surface area contributed by atoms with Crippen molar-refractivity contribution >= 4 is 34.3 Å². The van der Waals surface area contributed by atoms with Gasteiger partial charge in [0.15, 0.2) is 0 Å². The number of thiophene rings is 1. The quantitative estimate of drug-likeness (QED) is 0.770. The van der Waals surface area contributed by atoms with Crippen LogP contribution in [0.5, 0.6) is 0 Å². The molecule has 1 aliphatic carbocycles. The number of fused-ring (bicyclic) bond motifs is 1. The summed E-state index contributed by atoms with van der Waals surface area (Å²) in [5.41, 5.74) is 1.91. The van der Waals surface area contributed by atoms with E-state index in [1.807, 2.05) is 23.6 Å². The SMILES string of the molecule is N#CC(=Cc1cccs1)c1nc2c(s1)CCCC2. The summed E-state index contributed by atoms with van der Waals surface area (Å²) in [6.45, 7) is 0. The summed E-state index contributed by atoms with van der Waals surface area (Å²) in [5, 5.41) is 12.2. The summed E-state index contributed by atoms with van der Waals surface area (Å²) in [7, 11) is 0. The van der Waals surface area contributed by atoms with Crippen molar-refractivity contribution in [3.8, 4) is 6.07 Å². The molecule has 0 spiro atoms. The van der Waals surface area contributed by atoms with Crippen LogP contribution in [-0.4, -0.2) is 4.98 Å². The van der Waals surface area contributed by atoms with Crippen LogP contribution < -0.4 is 0 Å². The van der Waals surface area contributed by atoms with Crippen molar-refractivity contribution in [2.45, 2.75) is 25.7 Å². The topological polar surface area (TPSA) is 36.7 Å². The molecule has 2 nitrogen and oxygen atoms in total. The number of thiazole rings is 1. The van der Waals surface area contributed by atoms with Gasteiger partial charge in [-0.1, -0.05) is 6.07 Å². The fraction of sp³-hybridized carbons (Fsp3) is 0.286. The van der Waals surface area contributed by atoms with Gasteiger partial charge in [0.05, 0.1) is 11.3 Å². The normalized spacial score (nSPS) is 15.2. The van der Waals surface area contributed by atoms with E-state index in [0.717, 1.165) is 22.7 Å². The molecular weight excluding hydrogens is 260 g/mol. The monoisotopic (exact) mass is 272 g/mol. The smallest absolute Gasteiger partial charge is 0.134 e. The Hall–Kier alpha value is -1.44. The number of allylic oxidation sites excluding steroid dienone is 1. The summed E-state index contributed by atoms with van der Waals surface area (Å²) in [5.74, 6) is 0. The van der Waals surface area contributed by atoms with Crippen LogP contribution in [-0.2, 0) is 12.8 Å². The minimum atomic E-state index is 0.692. The van der Waals surface area contributed by atoms with Crippen molar-refractivity contribution in [2.24, 2.45) is 0 Å². The Kier molecular flexibility index (Phi) is 3.26. The Morgan fingerprint density at radius 1 is 1.39 bits per heavy atom. The minimum Gasteiger partial charge on any atom is -0.240 e. The van der Waals surface area contributed by atoms with Crippen LogP contribution in [0.3, 0.4) is 0 Å². The van der Waals surface area contributed by atoms with Gasteiger partial charge in [-0.15, -0.1) is 22.7 Å². The fourth-order valence-corrected chi connectivity index (χ4v) is 3.90. The molecule has 2 heterocycles. The van der Waals surface area contributed by atoms with Crippen molar-refractivity contribution in [2.75, 3.05) is 0 Å². The van der Waals surface area contributed by atoms with E-state index < -0.39 is 0 Å². The summed E-state index contributed by atoms with van der Waals surface area (Å²) < 4.78 is 0. The summed E-state index contributed by atoms with van der Waals surface area (Å²) >= 11 is 3.34. The maximum Gasteiger partial charge on any atom is 0.134 e. The number of hydrogen-bond donors (Lipinski definition) is 0. The van der Waals surface area contributed by atoms with E-state index in [1.165, 1.54) is 23.4 Å². The first kappa shape index (κ1) is 11.6. The maximum absolute atomic E-state index is 9.29. The molecule has 0 aromatic carbocycles. The molecule has 0 amide bonds. The van der Waals surface area contributed by atoms with Crippen LogP contribution in [0.2, 0.25) is 0 Å². The van der Waals surface area contributed by atoms with Crippen LogP contribution in [0.25, 0.3) is 11.6 Å². The highest BCUT2D eigenvalue weighted by Gasteiger charge is 2.17. The largest absolute Gasteiger partial charge is 0.240 e. The highest BCUT2D eigenvalue weighted by Crippen LogP contribution is 2.31. The first-order chi connectivity index (χ1) is 8.86.